The Bertz CT molecular complexity index is 1410. The highest BCUT2D eigenvalue weighted by Crippen LogP contribution is 2.37. The van der Waals surface area contributed by atoms with Gasteiger partial charge in [0.1, 0.15) is 6.10 Å². The van der Waals surface area contributed by atoms with E-state index in [1.54, 1.807) is 6.08 Å². The molecular weight excluding hydrogens is 554 g/mol. The molecule has 1 heterocycles. The molecular formula is C35H45N3O4Si. The van der Waals surface area contributed by atoms with Crippen LogP contribution >= 0.6 is 0 Å². The normalized spacial score (nSPS) is 14.9. The molecule has 1 fully saturated rings. The fourth-order valence-electron chi connectivity index (χ4n) is 4.55. The summed E-state index contributed by atoms with van der Waals surface area (Å²) in [7, 11) is 0.244. The molecule has 8 heteroatoms. The van der Waals surface area contributed by atoms with Gasteiger partial charge in [-0.15, -0.1) is 0 Å². The minimum absolute atomic E-state index is 0.0954. The van der Waals surface area contributed by atoms with Gasteiger partial charge in [-0.2, -0.15) is 0 Å². The van der Waals surface area contributed by atoms with Crippen LogP contribution in [0.25, 0.3) is 17.2 Å². The summed E-state index contributed by atoms with van der Waals surface area (Å²) in [6.45, 7) is 13.5. The number of rotatable bonds is 9. The van der Waals surface area contributed by atoms with Gasteiger partial charge >= 0.3 is 6.09 Å². The molecule has 0 aromatic heterocycles. The predicted molar refractivity (Wildman–Crippen MR) is 179 cm³/mol. The molecule has 4 rings (SSSR count). The number of amides is 2. The van der Waals surface area contributed by atoms with Gasteiger partial charge in [0, 0.05) is 30.4 Å². The van der Waals surface area contributed by atoms with Crippen LogP contribution in [0.3, 0.4) is 0 Å². The lowest BCUT2D eigenvalue weighted by molar-refractivity contribution is -0.111. The van der Waals surface area contributed by atoms with Crippen molar-refractivity contribution in [1.82, 2.24) is 4.90 Å². The molecule has 1 aliphatic heterocycles. The number of nitrogens with one attached hydrogen (secondary N) is 2. The van der Waals surface area contributed by atoms with Crippen molar-refractivity contribution in [3.63, 3.8) is 0 Å². The Hall–Kier alpha value is -3.72. The summed E-state index contributed by atoms with van der Waals surface area (Å²) < 4.78 is 12.0. The Balaban J connectivity index is 1.40. The van der Waals surface area contributed by atoms with E-state index < -0.39 is 14.4 Å². The van der Waals surface area contributed by atoms with Crippen LogP contribution in [-0.4, -0.2) is 51.5 Å². The van der Waals surface area contributed by atoms with E-state index in [0.717, 1.165) is 48.2 Å². The van der Waals surface area contributed by atoms with E-state index in [1.807, 2.05) is 72.8 Å². The zero-order valence-electron chi connectivity index (χ0n) is 26.3. The van der Waals surface area contributed by atoms with Crippen LogP contribution < -0.4 is 10.6 Å². The van der Waals surface area contributed by atoms with Crippen molar-refractivity contribution in [2.24, 2.45) is 0 Å². The van der Waals surface area contributed by atoms with Crippen LogP contribution in [0, 0.1) is 0 Å². The molecule has 0 saturated carbocycles. The zero-order chi connectivity index (χ0) is 31.0. The number of piperidine rings is 1. The topological polar surface area (TPSA) is 79.9 Å². The number of hydrogen-bond donors (Lipinski definition) is 2. The lowest BCUT2D eigenvalue weighted by Gasteiger charge is -2.36. The number of benzene rings is 3. The first-order valence-corrected chi connectivity index (χ1v) is 17.9. The molecule has 0 atom stereocenters. The maximum atomic E-state index is 12.8. The monoisotopic (exact) mass is 599 g/mol. The van der Waals surface area contributed by atoms with Crippen molar-refractivity contribution >= 4 is 37.8 Å². The quantitative estimate of drug-likeness (QED) is 0.192. The summed E-state index contributed by atoms with van der Waals surface area (Å²) in [4.78, 5) is 27.8. The van der Waals surface area contributed by atoms with Crippen molar-refractivity contribution < 1.29 is 18.8 Å². The highest BCUT2D eigenvalue weighted by atomic mass is 28.4. The largest absolute Gasteiger partial charge is 0.446 e. The Morgan fingerprint density at radius 1 is 0.953 bits per heavy atom. The van der Waals surface area contributed by atoms with Gasteiger partial charge in [0.15, 0.2) is 8.32 Å². The Labute approximate surface area is 257 Å². The number of hydrogen-bond acceptors (Lipinski definition) is 5. The third-order valence-electron chi connectivity index (χ3n) is 8.36. The van der Waals surface area contributed by atoms with Crippen molar-refractivity contribution in [3.8, 4) is 11.1 Å². The number of ether oxygens (including phenoxy) is 1. The number of nitrogens with zero attached hydrogens (tertiary/aromatic N) is 1. The third kappa shape index (κ3) is 9.38. The molecule has 2 amide bonds. The molecule has 3 aromatic carbocycles. The van der Waals surface area contributed by atoms with Crippen molar-refractivity contribution in [1.29, 1.82) is 0 Å². The zero-order valence-corrected chi connectivity index (χ0v) is 27.3. The van der Waals surface area contributed by atoms with Crippen LogP contribution in [0.2, 0.25) is 18.1 Å². The SMILES string of the molecule is CN1CCC(OC(=O)Nc2cc(C=CC(=O)Nc3ccc(CO[Si](C)(C)C(C)(C)C)cc3)ccc2-c2ccccc2)CC1. The maximum absolute atomic E-state index is 12.8. The predicted octanol–water partition coefficient (Wildman–Crippen LogP) is 8.17. The van der Waals surface area contributed by atoms with Crippen molar-refractivity contribution in [2.75, 3.05) is 30.8 Å². The third-order valence-corrected chi connectivity index (χ3v) is 12.8. The van der Waals surface area contributed by atoms with Crippen molar-refractivity contribution in [3.05, 3.63) is 90.0 Å². The van der Waals surface area contributed by atoms with Crippen LogP contribution in [-0.2, 0) is 20.6 Å². The smallest absolute Gasteiger partial charge is 0.411 e. The van der Waals surface area contributed by atoms with Gasteiger partial charge < -0.3 is 19.4 Å². The summed E-state index contributed by atoms with van der Waals surface area (Å²) in [5, 5.41) is 6.02. The fraction of sp³-hybridized carbons (Fsp3) is 0.371. The minimum atomic E-state index is -1.83. The Kier molecular flexibility index (Phi) is 10.6. The molecule has 0 aliphatic carbocycles. The molecule has 43 heavy (non-hydrogen) atoms. The molecule has 2 N–H and O–H groups in total. The molecule has 0 spiro atoms. The molecule has 0 unspecified atom stereocenters. The molecule has 1 aliphatic rings. The first kappa shape index (κ1) is 32.2. The van der Waals surface area contributed by atoms with Gasteiger partial charge in [0.25, 0.3) is 0 Å². The number of likely N-dealkylation sites (tertiary alicyclic amines) is 1. The second-order valence-electron chi connectivity index (χ2n) is 12.8. The maximum Gasteiger partial charge on any atom is 0.411 e. The summed E-state index contributed by atoms with van der Waals surface area (Å²) in [5.74, 6) is -0.242. The van der Waals surface area contributed by atoms with Gasteiger partial charge in [-0.1, -0.05) is 75.4 Å². The number of anilines is 2. The highest BCUT2D eigenvalue weighted by Gasteiger charge is 2.37. The standard InChI is InChI=1S/C35H45N3O4Si/c1-35(2,3)43(5,6)41-25-27-12-16-29(17-13-27)36-33(39)19-15-26-14-18-31(28-10-8-7-9-11-28)32(24-26)37-34(40)42-30-20-22-38(4)23-21-30/h7-19,24,30H,20-23,25H2,1-6H3,(H,36,39)(H,37,40). The molecule has 7 nitrogen and oxygen atoms in total. The van der Waals surface area contributed by atoms with Gasteiger partial charge in [0.05, 0.1) is 12.3 Å². The molecule has 0 bridgehead atoms. The van der Waals surface area contributed by atoms with E-state index >= 15 is 0 Å². The number of carbonyl (C=O) groups excluding carboxylic acids is 2. The van der Waals surface area contributed by atoms with Crippen LogP contribution in [0.4, 0.5) is 16.2 Å². The number of carbonyl (C=O) groups is 2. The molecule has 0 radical (unpaired) electrons. The summed E-state index contributed by atoms with van der Waals surface area (Å²) in [6.07, 6.45) is 4.30. The average Bonchev–Trinajstić information content (AvgIpc) is 2.97. The molecule has 1 saturated heterocycles. The first-order valence-electron chi connectivity index (χ1n) is 15.0. The highest BCUT2D eigenvalue weighted by molar-refractivity contribution is 6.74. The van der Waals surface area contributed by atoms with E-state index in [4.69, 9.17) is 9.16 Å². The first-order chi connectivity index (χ1) is 20.4. The van der Waals surface area contributed by atoms with E-state index in [0.29, 0.717) is 18.0 Å². The van der Waals surface area contributed by atoms with Crippen LogP contribution in [0.15, 0.2) is 78.9 Å². The lowest BCUT2D eigenvalue weighted by atomic mass is 10.0. The van der Waals surface area contributed by atoms with Gasteiger partial charge in [-0.05, 0) is 79.0 Å². The second kappa shape index (κ2) is 14.2. The molecule has 3 aromatic rings. The van der Waals surface area contributed by atoms with Gasteiger partial charge in [-0.25, -0.2) is 4.79 Å². The van der Waals surface area contributed by atoms with E-state index in [1.165, 1.54) is 6.08 Å². The lowest BCUT2D eigenvalue weighted by Crippen LogP contribution is -2.40. The Morgan fingerprint density at radius 3 is 2.28 bits per heavy atom. The summed E-state index contributed by atoms with van der Waals surface area (Å²) in [5.41, 5.74) is 5.05. The minimum Gasteiger partial charge on any atom is -0.446 e. The van der Waals surface area contributed by atoms with E-state index in [2.05, 4.69) is 56.4 Å². The van der Waals surface area contributed by atoms with Crippen molar-refractivity contribution in [2.45, 2.75) is 64.5 Å². The molecule has 228 valence electrons. The van der Waals surface area contributed by atoms with E-state index in [-0.39, 0.29) is 17.0 Å². The fourth-order valence-corrected chi connectivity index (χ4v) is 5.51. The van der Waals surface area contributed by atoms with E-state index in [9.17, 15) is 9.59 Å². The van der Waals surface area contributed by atoms with Gasteiger partial charge in [0.2, 0.25) is 5.91 Å². The van der Waals surface area contributed by atoms with Crippen LogP contribution in [0.5, 0.6) is 0 Å². The Morgan fingerprint density at radius 2 is 1.63 bits per heavy atom. The summed E-state index contributed by atoms with van der Waals surface area (Å²) in [6, 6.07) is 23.4. The average molecular weight is 600 g/mol. The summed E-state index contributed by atoms with van der Waals surface area (Å²) >= 11 is 0. The van der Waals surface area contributed by atoms with Gasteiger partial charge in [-0.3, -0.25) is 10.1 Å². The second-order valence-corrected chi connectivity index (χ2v) is 17.6. The van der Waals surface area contributed by atoms with Crippen LogP contribution in [0.1, 0.15) is 44.7 Å².